The minimum Gasteiger partial charge on any atom is -0.493 e. The Kier molecular flexibility index (Phi) is 3.88. The minimum atomic E-state index is 0.128. The zero-order chi connectivity index (χ0) is 13.8. The predicted molar refractivity (Wildman–Crippen MR) is 74.5 cm³/mol. The van der Waals surface area contributed by atoms with Crippen molar-refractivity contribution in [1.29, 1.82) is 5.26 Å². The summed E-state index contributed by atoms with van der Waals surface area (Å²) in [6.07, 6.45) is 0.862. The molecule has 0 fully saturated rings. The fourth-order valence-corrected chi connectivity index (χ4v) is 2.66. The number of nitriles is 1. The van der Waals surface area contributed by atoms with E-state index in [1.807, 2.05) is 18.2 Å². The molecule has 5 nitrogen and oxygen atoms in total. The van der Waals surface area contributed by atoms with Crippen molar-refractivity contribution in [2.75, 3.05) is 12.4 Å². The third kappa shape index (κ3) is 2.78. The van der Waals surface area contributed by atoms with Crippen LogP contribution in [-0.4, -0.2) is 22.5 Å². The number of hydrogen-bond acceptors (Lipinski definition) is 6. The van der Waals surface area contributed by atoms with Gasteiger partial charge < -0.3 is 9.26 Å². The van der Waals surface area contributed by atoms with E-state index in [2.05, 4.69) is 22.3 Å². The summed E-state index contributed by atoms with van der Waals surface area (Å²) in [5.74, 6) is 3.33. The molecule has 1 aromatic carbocycles. The fraction of sp³-hybridized carbons (Fsp3) is 0.357. The summed E-state index contributed by atoms with van der Waals surface area (Å²) in [6.45, 7) is 0.571. The molecule has 0 bridgehead atoms. The van der Waals surface area contributed by atoms with Crippen LogP contribution in [0.25, 0.3) is 0 Å². The monoisotopic (exact) mass is 287 g/mol. The standard InChI is InChI=1S/C14H13N3O2S/c15-5-6-20-9-13-16-14(17-19-13)11-7-10-3-1-2-4-12(10)18-8-11/h1-4,11H,6-9H2. The van der Waals surface area contributed by atoms with Gasteiger partial charge in [0.2, 0.25) is 5.89 Å². The van der Waals surface area contributed by atoms with Crippen molar-refractivity contribution in [2.45, 2.75) is 18.1 Å². The van der Waals surface area contributed by atoms with Crippen molar-refractivity contribution in [3.8, 4) is 11.8 Å². The third-order valence-electron chi connectivity index (χ3n) is 3.12. The van der Waals surface area contributed by atoms with Crippen molar-refractivity contribution < 1.29 is 9.26 Å². The minimum absolute atomic E-state index is 0.128. The van der Waals surface area contributed by atoms with Gasteiger partial charge in [-0.25, -0.2) is 0 Å². The topological polar surface area (TPSA) is 71.9 Å². The maximum Gasteiger partial charge on any atom is 0.236 e. The van der Waals surface area contributed by atoms with Crippen LogP contribution in [-0.2, 0) is 12.2 Å². The molecule has 2 aromatic rings. The lowest BCUT2D eigenvalue weighted by atomic mass is 9.96. The Bertz CT molecular complexity index is 635. The zero-order valence-electron chi connectivity index (χ0n) is 10.8. The number of nitrogens with zero attached hydrogens (tertiary/aromatic N) is 3. The summed E-state index contributed by atoms with van der Waals surface area (Å²) < 4.78 is 10.9. The normalized spacial score (nSPS) is 17.1. The molecular formula is C14H13N3O2S. The largest absolute Gasteiger partial charge is 0.493 e. The van der Waals surface area contributed by atoms with Gasteiger partial charge in [-0.05, 0) is 18.1 Å². The van der Waals surface area contributed by atoms with Crippen LogP contribution >= 0.6 is 11.8 Å². The Morgan fingerprint density at radius 1 is 1.40 bits per heavy atom. The van der Waals surface area contributed by atoms with E-state index in [9.17, 15) is 0 Å². The second kappa shape index (κ2) is 5.97. The van der Waals surface area contributed by atoms with Crippen LogP contribution in [0.3, 0.4) is 0 Å². The Morgan fingerprint density at radius 3 is 3.20 bits per heavy atom. The highest BCUT2D eigenvalue weighted by Crippen LogP contribution is 2.31. The van der Waals surface area contributed by atoms with Gasteiger partial charge in [0, 0.05) is 0 Å². The summed E-state index contributed by atoms with van der Waals surface area (Å²) >= 11 is 1.47. The highest BCUT2D eigenvalue weighted by atomic mass is 32.2. The van der Waals surface area contributed by atoms with E-state index in [0.717, 1.165) is 12.2 Å². The van der Waals surface area contributed by atoms with Crippen LogP contribution in [0, 0.1) is 11.3 Å². The Hall–Kier alpha value is -2.00. The van der Waals surface area contributed by atoms with E-state index in [1.54, 1.807) is 0 Å². The van der Waals surface area contributed by atoms with Crippen LogP contribution in [0.4, 0.5) is 0 Å². The summed E-state index contributed by atoms with van der Waals surface area (Å²) in [6, 6.07) is 10.1. The van der Waals surface area contributed by atoms with Crippen molar-refractivity contribution in [2.24, 2.45) is 0 Å². The third-order valence-corrected chi connectivity index (χ3v) is 3.90. The SMILES string of the molecule is N#CCSCc1nc(C2COc3ccccc3C2)no1. The van der Waals surface area contributed by atoms with Crippen molar-refractivity contribution in [3.63, 3.8) is 0 Å². The Labute approximate surface area is 120 Å². The molecule has 1 aliphatic heterocycles. The number of thioether (sulfide) groups is 1. The lowest BCUT2D eigenvalue weighted by molar-refractivity contribution is 0.254. The van der Waals surface area contributed by atoms with Gasteiger partial charge in [-0.2, -0.15) is 10.2 Å². The number of benzene rings is 1. The molecule has 102 valence electrons. The molecule has 0 N–H and O–H groups in total. The van der Waals surface area contributed by atoms with Gasteiger partial charge in [0.1, 0.15) is 5.75 Å². The van der Waals surface area contributed by atoms with Crippen LogP contribution in [0.1, 0.15) is 23.2 Å². The first kappa shape index (κ1) is 13.0. The van der Waals surface area contributed by atoms with Gasteiger partial charge in [0.25, 0.3) is 0 Å². The predicted octanol–water partition coefficient (Wildman–Crippen LogP) is 2.55. The fourth-order valence-electron chi connectivity index (χ4n) is 2.17. The molecular weight excluding hydrogens is 274 g/mol. The molecule has 0 amide bonds. The van der Waals surface area contributed by atoms with Gasteiger partial charge in [-0.3, -0.25) is 0 Å². The molecule has 1 unspecified atom stereocenters. The van der Waals surface area contributed by atoms with E-state index in [1.165, 1.54) is 17.3 Å². The van der Waals surface area contributed by atoms with Crippen LogP contribution < -0.4 is 4.74 Å². The van der Waals surface area contributed by atoms with Gasteiger partial charge in [-0.15, -0.1) is 11.8 Å². The van der Waals surface area contributed by atoms with Crippen LogP contribution in [0.5, 0.6) is 5.75 Å². The Balaban J connectivity index is 1.67. The smallest absolute Gasteiger partial charge is 0.236 e. The number of hydrogen-bond donors (Lipinski definition) is 0. The highest BCUT2D eigenvalue weighted by Gasteiger charge is 2.25. The van der Waals surface area contributed by atoms with Gasteiger partial charge in [0.05, 0.1) is 30.1 Å². The van der Waals surface area contributed by atoms with E-state index in [4.69, 9.17) is 14.5 Å². The van der Waals surface area contributed by atoms with E-state index in [-0.39, 0.29) is 5.92 Å². The molecule has 3 rings (SSSR count). The molecule has 6 heteroatoms. The molecule has 1 aromatic heterocycles. The number of ether oxygens (including phenoxy) is 1. The molecule has 1 atom stereocenters. The number of fused-ring (bicyclic) bond motifs is 1. The summed E-state index contributed by atoms with van der Waals surface area (Å²) in [5.41, 5.74) is 1.17. The molecule has 0 spiro atoms. The van der Waals surface area contributed by atoms with E-state index < -0.39 is 0 Å². The molecule has 0 saturated carbocycles. The van der Waals surface area contributed by atoms with Crippen molar-refractivity contribution >= 4 is 11.8 Å². The van der Waals surface area contributed by atoms with Crippen molar-refractivity contribution in [1.82, 2.24) is 10.1 Å². The maximum atomic E-state index is 8.49. The lowest BCUT2D eigenvalue weighted by Gasteiger charge is -2.22. The highest BCUT2D eigenvalue weighted by molar-refractivity contribution is 7.98. The molecule has 0 aliphatic carbocycles. The summed E-state index contributed by atoms with van der Waals surface area (Å²) in [7, 11) is 0. The average molecular weight is 287 g/mol. The summed E-state index contributed by atoms with van der Waals surface area (Å²) in [4.78, 5) is 4.39. The van der Waals surface area contributed by atoms with E-state index in [0.29, 0.717) is 29.8 Å². The Morgan fingerprint density at radius 2 is 2.30 bits per heavy atom. The second-order valence-electron chi connectivity index (χ2n) is 4.52. The molecule has 1 aliphatic rings. The molecule has 0 saturated heterocycles. The lowest BCUT2D eigenvalue weighted by Crippen LogP contribution is -2.20. The number of rotatable bonds is 4. The van der Waals surface area contributed by atoms with E-state index >= 15 is 0 Å². The van der Waals surface area contributed by atoms with Crippen molar-refractivity contribution in [3.05, 3.63) is 41.5 Å². The molecule has 2 heterocycles. The summed E-state index contributed by atoms with van der Waals surface area (Å²) in [5, 5.41) is 12.5. The first-order chi connectivity index (χ1) is 9.86. The first-order valence-corrected chi connectivity index (χ1v) is 7.50. The molecule has 0 radical (unpaired) electrons. The van der Waals surface area contributed by atoms with Crippen LogP contribution in [0.15, 0.2) is 28.8 Å². The second-order valence-corrected chi connectivity index (χ2v) is 5.50. The van der Waals surface area contributed by atoms with Gasteiger partial charge in [-0.1, -0.05) is 23.4 Å². The number of para-hydroxylation sites is 1. The number of aromatic nitrogens is 2. The van der Waals surface area contributed by atoms with Gasteiger partial charge in [0.15, 0.2) is 5.82 Å². The van der Waals surface area contributed by atoms with Crippen LogP contribution in [0.2, 0.25) is 0 Å². The molecule has 20 heavy (non-hydrogen) atoms. The van der Waals surface area contributed by atoms with Gasteiger partial charge >= 0.3 is 0 Å². The average Bonchev–Trinajstić information content (AvgIpc) is 2.96. The zero-order valence-corrected chi connectivity index (χ0v) is 11.6. The maximum absolute atomic E-state index is 8.49. The quantitative estimate of drug-likeness (QED) is 0.805. The first-order valence-electron chi connectivity index (χ1n) is 6.34.